The maximum Gasteiger partial charge on any atom is 0.430 e. The zero-order valence-electron chi connectivity index (χ0n) is 10.9. The van der Waals surface area contributed by atoms with Crippen molar-refractivity contribution in [3.05, 3.63) is 33.4 Å². The summed E-state index contributed by atoms with van der Waals surface area (Å²) >= 11 is 2.07. The molecule has 1 saturated heterocycles. The first kappa shape index (κ1) is 15.0. The molecule has 2 amide bonds. The molecular formula is C13H16IN3O3. The number of nitrogens with zero attached hydrogens (tertiary/aromatic N) is 1. The molecule has 1 fully saturated rings. The van der Waals surface area contributed by atoms with E-state index in [4.69, 9.17) is 4.84 Å². The Hall–Kier alpha value is -1.35. The van der Waals surface area contributed by atoms with Crippen molar-refractivity contribution < 1.29 is 14.4 Å². The van der Waals surface area contributed by atoms with Crippen molar-refractivity contribution >= 4 is 34.6 Å². The van der Waals surface area contributed by atoms with E-state index in [1.807, 2.05) is 12.1 Å². The van der Waals surface area contributed by atoms with Crippen molar-refractivity contribution in [3.8, 4) is 0 Å². The van der Waals surface area contributed by atoms with E-state index in [-0.39, 0.29) is 5.91 Å². The second-order valence-electron chi connectivity index (χ2n) is 4.45. The van der Waals surface area contributed by atoms with Crippen molar-refractivity contribution in [2.45, 2.75) is 19.3 Å². The Morgan fingerprint density at radius 2 is 1.85 bits per heavy atom. The molecule has 1 heterocycles. The summed E-state index contributed by atoms with van der Waals surface area (Å²) in [6.07, 6.45) is 2.65. The minimum absolute atomic E-state index is 0.346. The van der Waals surface area contributed by atoms with Crippen LogP contribution in [0.5, 0.6) is 0 Å². The number of hydrogen-bond acceptors (Lipinski definition) is 4. The van der Waals surface area contributed by atoms with E-state index in [1.165, 1.54) is 0 Å². The number of hydrogen-bond donors (Lipinski definition) is 2. The molecule has 0 aliphatic carbocycles. The molecule has 0 spiro atoms. The van der Waals surface area contributed by atoms with E-state index >= 15 is 0 Å². The molecular weight excluding hydrogens is 373 g/mol. The third kappa shape index (κ3) is 4.07. The predicted octanol–water partition coefficient (Wildman–Crippen LogP) is 2.06. The molecule has 2 rings (SSSR count). The summed E-state index contributed by atoms with van der Waals surface area (Å²) in [5, 5.41) is 0. The Labute approximate surface area is 130 Å². The van der Waals surface area contributed by atoms with E-state index in [0.29, 0.717) is 18.7 Å². The fraction of sp³-hybridized carbons (Fsp3) is 0.385. The van der Waals surface area contributed by atoms with Gasteiger partial charge in [0, 0.05) is 16.7 Å². The number of likely N-dealkylation sites (tertiary alicyclic amines) is 1. The van der Waals surface area contributed by atoms with Gasteiger partial charge in [-0.1, -0.05) is 17.7 Å². The Morgan fingerprint density at radius 3 is 2.55 bits per heavy atom. The van der Waals surface area contributed by atoms with Crippen LogP contribution in [0.15, 0.2) is 24.3 Å². The lowest BCUT2D eigenvalue weighted by Crippen LogP contribution is -2.44. The summed E-state index contributed by atoms with van der Waals surface area (Å²) in [7, 11) is 0. The predicted molar refractivity (Wildman–Crippen MR) is 81.7 cm³/mol. The summed E-state index contributed by atoms with van der Waals surface area (Å²) in [5.41, 5.74) is 5.08. The molecule has 1 aromatic carbocycles. The van der Waals surface area contributed by atoms with E-state index in [2.05, 4.69) is 33.6 Å². The molecule has 0 atom stereocenters. The summed E-state index contributed by atoms with van der Waals surface area (Å²) < 4.78 is 0.826. The van der Waals surface area contributed by atoms with Gasteiger partial charge in [0.25, 0.3) is 5.91 Å². The minimum Gasteiger partial charge on any atom is -0.333 e. The van der Waals surface area contributed by atoms with E-state index in [9.17, 15) is 9.59 Å². The van der Waals surface area contributed by atoms with Crippen LogP contribution >= 0.6 is 22.6 Å². The lowest BCUT2D eigenvalue weighted by atomic mass is 10.1. The zero-order valence-corrected chi connectivity index (χ0v) is 13.1. The van der Waals surface area contributed by atoms with Crippen LogP contribution in [0.1, 0.15) is 29.6 Å². The topological polar surface area (TPSA) is 70.7 Å². The number of piperidine rings is 1. The number of amides is 2. The van der Waals surface area contributed by atoms with Gasteiger partial charge in [0.15, 0.2) is 0 Å². The van der Waals surface area contributed by atoms with Crippen LogP contribution in [0.3, 0.4) is 0 Å². The molecule has 6 nitrogen and oxygen atoms in total. The molecule has 108 valence electrons. The van der Waals surface area contributed by atoms with Crippen LogP contribution in [-0.2, 0) is 4.84 Å². The van der Waals surface area contributed by atoms with Crippen molar-refractivity contribution in [3.63, 3.8) is 0 Å². The van der Waals surface area contributed by atoms with E-state index < -0.39 is 6.09 Å². The average Bonchev–Trinajstić information content (AvgIpc) is 2.48. The van der Waals surface area contributed by atoms with Gasteiger partial charge >= 0.3 is 6.09 Å². The van der Waals surface area contributed by atoms with Gasteiger partial charge in [0.05, 0.1) is 5.56 Å². The van der Waals surface area contributed by atoms with Crippen LogP contribution < -0.4 is 11.0 Å². The third-order valence-electron chi connectivity index (χ3n) is 3.04. The smallest absolute Gasteiger partial charge is 0.333 e. The van der Waals surface area contributed by atoms with Crippen molar-refractivity contribution in [1.82, 2.24) is 15.9 Å². The molecule has 0 radical (unpaired) electrons. The highest BCUT2D eigenvalue weighted by Crippen LogP contribution is 2.11. The average molecular weight is 389 g/mol. The molecule has 0 unspecified atom stereocenters. The molecule has 0 saturated carbocycles. The molecule has 0 aromatic heterocycles. The van der Waals surface area contributed by atoms with Crippen molar-refractivity contribution in [1.29, 1.82) is 0 Å². The van der Waals surface area contributed by atoms with Gasteiger partial charge in [0.1, 0.15) is 0 Å². The number of hydrazine groups is 1. The van der Waals surface area contributed by atoms with Gasteiger partial charge in [-0.15, -0.1) is 0 Å². The number of rotatable bonds is 3. The first-order chi connectivity index (χ1) is 9.68. The van der Waals surface area contributed by atoms with Gasteiger partial charge < -0.3 is 9.74 Å². The van der Waals surface area contributed by atoms with E-state index in [1.54, 1.807) is 17.0 Å². The Balaban J connectivity index is 1.76. The summed E-state index contributed by atoms with van der Waals surface area (Å²) in [6.45, 7) is 1.40. The van der Waals surface area contributed by atoms with Crippen molar-refractivity contribution in [2.24, 2.45) is 0 Å². The highest BCUT2D eigenvalue weighted by Gasteiger charge is 2.18. The summed E-state index contributed by atoms with van der Waals surface area (Å²) in [5.74, 6) is -0.346. The summed E-state index contributed by atoms with van der Waals surface area (Å²) in [4.78, 5) is 29.9. The van der Waals surface area contributed by atoms with Crippen LogP contribution in [0.25, 0.3) is 0 Å². The largest absolute Gasteiger partial charge is 0.430 e. The SMILES string of the molecule is O=C(NNOC(=O)N1CCCCC1)c1ccccc1I. The number of halogens is 1. The second-order valence-corrected chi connectivity index (χ2v) is 5.61. The fourth-order valence-corrected chi connectivity index (χ4v) is 2.60. The van der Waals surface area contributed by atoms with Crippen LogP contribution in [0, 0.1) is 3.57 Å². The van der Waals surface area contributed by atoms with Gasteiger partial charge in [-0.25, -0.2) is 4.79 Å². The van der Waals surface area contributed by atoms with Gasteiger partial charge in [-0.05, 0) is 54.0 Å². The zero-order chi connectivity index (χ0) is 14.4. The molecule has 1 aliphatic rings. The number of nitrogens with one attached hydrogen (secondary N) is 2. The first-order valence-corrected chi connectivity index (χ1v) is 7.52. The third-order valence-corrected chi connectivity index (χ3v) is 3.98. The Morgan fingerprint density at radius 1 is 1.15 bits per heavy atom. The highest BCUT2D eigenvalue weighted by molar-refractivity contribution is 14.1. The molecule has 20 heavy (non-hydrogen) atoms. The van der Waals surface area contributed by atoms with Crippen LogP contribution in [0.4, 0.5) is 4.79 Å². The minimum atomic E-state index is -0.465. The molecule has 7 heteroatoms. The highest BCUT2D eigenvalue weighted by atomic mass is 127. The molecule has 2 N–H and O–H groups in total. The molecule has 1 aliphatic heterocycles. The second kappa shape index (κ2) is 7.44. The maximum atomic E-state index is 11.8. The van der Waals surface area contributed by atoms with Crippen LogP contribution in [0.2, 0.25) is 0 Å². The Bertz CT molecular complexity index is 490. The number of benzene rings is 1. The number of carbonyl (C=O) groups is 2. The standard InChI is InChI=1S/C13H16IN3O3/c14-11-7-3-2-6-10(11)12(18)15-16-20-13(19)17-8-4-1-5-9-17/h2-3,6-7,16H,1,4-5,8-9H2,(H,15,18). The van der Waals surface area contributed by atoms with Crippen molar-refractivity contribution in [2.75, 3.05) is 13.1 Å². The lowest BCUT2D eigenvalue weighted by molar-refractivity contribution is 0.0294. The van der Waals surface area contributed by atoms with Gasteiger partial charge in [-0.3, -0.25) is 10.2 Å². The molecule has 0 bridgehead atoms. The van der Waals surface area contributed by atoms with E-state index in [0.717, 1.165) is 22.8 Å². The Kier molecular flexibility index (Phi) is 5.60. The fourth-order valence-electron chi connectivity index (χ4n) is 1.97. The van der Waals surface area contributed by atoms with Gasteiger partial charge in [-0.2, -0.15) is 0 Å². The quantitative estimate of drug-likeness (QED) is 0.614. The first-order valence-electron chi connectivity index (χ1n) is 6.44. The molecule has 1 aromatic rings. The summed E-state index contributed by atoms with van der Waals surface area (Å²) in [6, 6.07) is 7.15. The van der Waals surface area contributed by atoms with Gasteiger partial charge in [0.2, 0.25) is 0 Å². The maximum absolute atomic E-state index is 11.8. The normalized spacial score (nSPS) is 14.8. The monoisotopic (exact) mass is 389 g/mol. The van der Waals surface area contributed by atoms with Crippen LogP contribution in [-0.4, -0.2) is 30.0 Å². The number of carbonyl (C=O) groups excluding carboxylic acids is 2. The lowest BCUT2D eigenvalue weighted by Gasteiger charge is -2.25.